The lowest BCUT2D eigenvalue weighted by Crippen LogP contribution is -1.95. The molecule has 84 valence electrons. The number of halogens is 1. The van der Waals surface area contributed by atoms with Crippen molar-refractivity contribution in [3.05, 3.63) is 45.1 Å². The quantitative estimate of drug-likeness (QED) is 0.882. The van der Waals surface area contributed by atoms with Gasteiger partial charge >= 0.3 is 0 Å². The fourth-order valence-electron chi connectivity index (χ4n) is 1.25. The lowest BCUT2D eigenvalue weighted by Gasteiger charge is -2.01. The molecule has 1 unspecified atom stereocenters. The Morgan fingerprint density at radius 1 is 1.25 bits per heavy atom. The molecule has 1 aromatic carbocycles. The number of benzene rings is 1. The first-order chi connectivity index (χ1) is 7.66. The minimum atomic E-state index is -1.01. The molecule has 0 bridgehead atoms. The molecule has 0 aliphatic heterocycles. The van der Waals surface area contributed by atoms with E-state index in [0.29, 0.717) is 11.4 Å². The summed E-state index contributed by atoms with van der Waals surface area (Å²) >= 11 is 5.05. The predicted octanol–water partition coefficient (Wildman–Crippen LogP) is 3.40. The third-order valence-corrected chi connectivity index (χ3v) is 5.55. The van der Waals surface area contributed by atoms with Crippen LogP contribution < -0.4 is 5.73 Å². The van der Waals surface area contributed by atoms with Gasteiger partial charge in [0.2, 0.25) is 0 Å². The fourth-order valence-corrected chi connectivity index (χ4v) is 4.31. The number of nitrogen functional groups attached to an aromatic ring is 1. The van der Waals surface area contributed by atoms with Gasteiger partial charge in [0.05, 0.1) is 16.6 Å². The van der Waals surface area contributed by atoms with E-state index in [1.807, 2.05) is 23.6 Å². The van der Waals surface area contributed by atoms with Gasteiger partial charge in [-0.3, -0.25) is 4.21 Å². The molecule has 2 aromatic rings. The molecule has 0 radical (unpaired) electrons. The van der Waals surface area contributed by atoms with Crippen LogP contribution in [0.4, 0.5) is 5.69 Å². The van der Waals surface area contributed by atoms with Gasteiger partial charge in [0.1, 0.15) is 0 Å². The highest BCUT2D eigenvalue weighted by molar-refractivity contribution is 9.10. The SMILES string of the molecule is Nc1ccc(S(=O)Cc2sccc2Br)cc1. The molecule has 5 heteroatoms. The summed E-state index contributed by atoms with van der Waals surface area (Å²) < 4.78 is 13.1. The van der Waals surface area contributed by atoms with E-state index in [2.05, 4.69) is 15.9 Å². The van der Waals surface area contributed by atoms with E-state index in [4.69, 9.17) is 5.73 Å². The summed E-state index contributed by atoms with van der Waals surface area (Å²) in [6, 6.07) is 9.15. The van der Waals surface area contributed by atoms with Crippen LogP contribution in [-0.4, -0.2) is 4.21 Å². The summed E-state index contributed by atoms with van der Waals surface area (Å²) in [5.74, 6) is 0.544. The largest absolute Gasteiger partial charge is 0.399 e. The normalized spacial score (nSPS) is 12.6. The Labute approximate surface area is 109 Å². The molecule has 0 aliphatic carbocycles. The number of hydrogen-bond donors (Lipinski definition) is 1. The minimum absolute atomic E-state index is 0.544. The van der Waals surface area contributed by atoms with E-state index in [1.165, 1.54) is 0 Å². The maximum absolute atomic E-state index is 12.0. The van der Waals surface area contributed by atoms with Crippen molar-refractivity contribution >= 4 is 43.8 Å². The van der Waals surface area contributed by atoms with Gasteiger partial charge in [-0.1, -0.05) is 0 Å². The third-order valence-electron chi connectivity index (χ3n) is 2.10. The first kappa shape index (κ1) is 11.8. The summed E-state index contributed by atoms with van der Waals surface area (Å²) in [5.41, 5.74) is 6.28. The molecule has 0 saturated heterocycles. The van der Waals surface area contributed by atoms with Crippen molar-refractivity contribution in [2.75, 3.05) is 5.73 Å². The van der Waals surface area contributed by atoms with Crippen LogP contribution in [-0.2, 0) is 16.6 Å². The van der Waals surface area contributed by atoms with Crippen molar-refractivity contribution in [2.45, 2.75) is 10.6 Å². The Bertz CT molecular complexity index is 507. The highest BCUT2D eigenvalue weighted by Gasteiger charge is 2.08. The van der Waals surface area contributed by atoms with Crippen molar-refractivity contribution in [1.82, 2.24) is 0 Å². The summed E-state index contributed by atoms with van der Waals surface area (Å²) in [6.45, 7) is 0. The van der Waals surface area contributed by atoms with Crippen LogP contribution in [0.2, 0.25) is 0 Å². The Morgan fingerprint density at radius 2 is 1.94 bits per heavy atom. The Balaban J connectivity index is 2.15. The number of anilines is 1. The zero-order chi connectivity index (χ0) is 11.5. The molecule has 0 amide bonds. The van der Waals surface area contributed by atoms with Crippen LogP contribution >= 0.6 is 27.3 Å². The maximum atomic E-state index is 12.0. The van der Waals surface area contributed by atoms with Crippen LogP contribution in [0.25, 0.3) is 0 Å². The lowest BCUT2D eigenvalue weighted by atomic mass is 10.3. The molecule has 0 fully saturated rings. The maximum Gasteiger partial charge on any atom is 0.0637 e. The number of rotatable bonds is 3. The molecular formula is C11H10BrNOS2. The average molecular weight is 316 g/mol. The number of nitrogens with two attached hydrogens (primary N) is 1. The molecule has 16 heavy (non-hydrogen) atoms. The summed E-state index contributed by atoms with van der Waals surface area (Å²) in [7, 11) is -1.01. The second-order valence-electron chi connectivity index (χ2n) is 3.25. The van der Waals surface area contributed by atoms with Gasteiger partial charge in [0, 0.05) is 19.9 Å². The Morgan fingerprint density at radius 3 is 2.50 bits per heavy atom. The van der Waals surface area contributed by atoms with Gasteiger partial charge in [-0.05, 0) is 51.6 Å². The lowest BCUT2D eigenvalue weighted by molar-refractivity contribution is 0.683. The van der Waals surface area contributed by atoms with Crippen LogP contribution in [0.1, 0.15) is 4.88 Å². The van der Waals surface area contributed by atoms with Gasteiger partial charge in [-0.25, -0.2) is 0 Å². The monoisotopic (exact) mass is 315 g/mol. The van der Waals surface area contributed by atoms with Gasteiger partial charge < -0.3 is 5.73 Å². The Hall–Kier alpha value is -0.650. The predicted molar refractivity (Wildman–Crippen MR) is 73.0 cm³/mol. The molecule has 1 heterocycles. The van der Waals surface area contributed by atoms with Crippen molar-refractivity contribution in [3.63, 3.8) is 0 Å². The number of hydrogen-bond acceptors (Lipinski definition) is 3. The minimum Gasteiger partial charge on any atom is -0.399 e. The summed E-state index contributed by atoms with van der Waals surface area (Å²) in [5, 5.41) is 1.99. The first-order valence-corrected chi connectivity index (χ1v) is 7.62. The van der Waals surface area contributed by atoms with Crippen LogP contribution in [0.15, 0.2) is 45.1 Å². The topological polar surface area (TPSA) is 43.1 Å². The highest BCUT2D eigenvalue weighted by atomic mass is 79.9. The second kappa shape index (κ2) is 5.12. The zero-order valence-electron chi connectivity index (χ0n) is 8.35. The molecule has 0 aliphatic rings. The van der Waals surface area contributed by atoms with E-state index in [1.54, 1.807) is 23.5 Å². The van der Waals surface area contributed by atoms with Crippen molar-refractivity contribution < 1.29 is 4.21 Å². The van der Waals surface area contributed by atoms with Gasteiger partial charge in [0.15, 0.2) is 0 Å². The molecule has 2 N–H and O–H groups in total. The molecule has 2 nitrogen and oxygen atoms in total. The summed E-state index contributed by atoms with van der Waals surface area (Å²) in [4.78, 5) is 1.92. The molecule has 0 saturated carbocycles. The second-order valence-corrected chi connectivity index (χ2v) is 6.56. The van der Waals surface area contributed by atoms with Gasteiger partial charge in [-0.15, -0.1) is 11.3 Å². The molecule has 0 spiro atoms. The zero-order valence-corrected chi connectivity index (χ0v) is 11.6. The van der Waals surface area contributed by atoms with Crippen LogP contribution in [0.3, 0.4) is 0 Å². The van der Waals surface area contributed by atoms with E-state index in [0.717, 1.165) is 14.2 Å². The van der Waals surface area contributed by atoms with Gasteiger partial charge in [0.25, 0.3) is 0 Å². The molecule has 2 rings (SSSR count). The molecule has 1 atom stereocenters. The smallest absolute Gasteiger partial charge is 0.0637 e. The van der Waals surface area contributed by atoms with Crippen LogP contribution in [0.5, 0.6) is 0 Å². The molecule has 1 aromatic heterocycles. The Kier molecular flexibility index (Phi) is 3.78. The first-order valence-electron chi connectivity index (χ1n) is 4.62. The van der Waals surface area contributed by atoms with E-state index in [-0.39, 0.29) is 0 Å². The summed E-state index contributed by atoms with van der Waals surface area (Å²) in [6.07, 6.45) is 0. The fraction of sp³-hybridized carbons (Fsp3) is 0.0909. The van der Waals surface area contributed by atoms with E-state index < -0.39 is 10.8 Å². The van der Waals surface area contributed by atoms with Crippen molar-refractivity contribution in [3.8, 4) is 0 Å². The average Bonchev–Trinajstić information content (AvgIpc) is 2.65. The standard InChI is InChI=1S/C11H10BrNOS2/c12-10-5-6-15-11(10)7-16(14)9-3-1-8(13)2-4-9/h1-6H,7,13H2. The van der Waals surface area contributed by atoms with Crippen molar-refractivity contribution in [1.29, 1.82) is 0 Å². The van der Waals surface area contributed by atoms with E-state index >= 15 is 0 Å². The van der Waals surface area contributed by atoms with Crippen LogP contribution in [0, 0.1) is 0 Å². The van der Waals surface area contributed by atoms with Crippen molar-refractivity contribution in [2.24, 2.45) is 0 Å². The molecular weight excluding hydrogens is 306 g/mol. The van der Waals surface area contributed by atoms with E-state index in [9.17, 15) is 4.21 Å². The third kappa shape index (κ3) is 2.72. The number of thiophene rings is 1. The highest BCUT2D eigenvalue weighted by Crippen LogP contribution is 2.25. The van der Waals surface area contributed by atoms with Gasteiger partial charge in [-0.2, -0.15) is 0 Å².